The van der Waals surface area contributed by atoms with E-state index in [2.05, 4.69) is 193 Å². The van der Waals surface area contributed by atoms with Gasteiger partial charge in [0.2, 0.25) is 0 Å². The van der Waals surface area contributed by atoms with Crippen molar-refractivity contribution in [2.45, 2.75) is 25.0 Å². The Morgan fingerprint density at radius 1 is 0.385 bits per heavy atom. The molecule has 1 unspecified atom stereocenters. The number of aromatic nitrogens is 1. The van der Waals surface area contributed by atoms with Crippen molar-refractivity contribution in [2.24, 2.45) is 0 Å². The summed E-state index contributed by atoms with van der Waals surface area (Å²) < 4.78 is 2.41. The number of rotatable bonds is 3. The zero-order valence-corrected chi connectivity index (χ0v) is 29.8. The van der Waals surface area contributed by atoms with Crippen molar-refractivity contribution in [3.05, 3.63) is 210 Å². The molecule has 2 aliphatic rings. The molecule has 1 atom stereocenters. The molecule has 0 fully saturated rings. The summed E-state index contributed by atoms with van der Waals surface area (Å²) in [7, 11) is 0. The summed E-state index contributed by atoms with van der Waals surface area (Å²) in [6.07, 6.45) is 0. The number of hydrogen-bond donors (Lipinski definition) is 0. The quantitative estimate of drug-likeness (QED) is 0.181. The van der Waals surface area contributed by atoms with Crippen LogP contribution in [0.15, 0.2) is 208 Å². The lowest BCUT2D eigenvalue weighted by atomic mass is 9.62. The van der Waals surface area contributed by atoms with Gasteiger partial charge in [-0.15, -0.1) is 0 Å². The maximum Gasteiger partial charge on any atom is 0.0751 e. The molecule has 0 saturated heterocycles. The molecule has 11 rings (SSSR count). The summed E-state index contributed by atoms with van der Waals surface area (Å²) in [6, 6.07) is 69.8. The lowest BCUT2D eigenvalue weighted by molar-refractivity contribution is 0.669. The van der Waals surface area contributed by atoms with Gasteiger partial charge in [0, 0.05) is 36.0 Å². The van der Waals surface area contributed by atoms with Crippen LogP contribution in [-0.2, 0) is 5.41 Å². The van der Waals surface area contributed by atoms with Crippen LogP contribution in [0.3, 0.4) is 0 Å². The van der Waals surface area contributed by atoms with E-state index in [0.29, 0.717) is 0 Å². The molecule has 0 bridgehead atoms. The van der Waals surface area contributed by atoms with Crippen LogP contribution in [0.2, 0.25) is 0 Å². The first kappa shape index (κ1) is 29.9. The minimum Gasteiger partial charge on any atom is -0.309 e. The number of benzene rings is 8. The van der Waals surface area contributed by atoms with E-state index in [1.165, 1.54) is 91.6 Å². The Morgan fingerprint density at radius 2 is 0.962 bits per heavy atom. The second-order valence-corrected chi connectivity index (χ2v) is 15.8. The van der Waals surface area contributed by atoms with E-state index in [4.69, 9.17) is 0 Å². The number of fused-ring (bicyclic) bond motifs is 11. The van der Waals surface area contributed by atoms with Crippen molar-refractivity contribution in [1.82, 2.24) is 4.57 Å². The fourth-order valence-electron chi connectivity index (χ4n) is 8.86. The lowest BCUT2D eigenvalue weighted by Crippen LogP contribution is -2.37. The second kappa shape index (κ2) is 11.6. The Kier molecular flexibility index (Phi) is 6.70. The highest BCUT2D eigenvalue weighted by molar-refractivity contribution is 8.00. The van der Waals surface area contributed by atoms with Gasteiger partial charge in [0.25, 0.3) is 0 Å². The van der Waals surface area contributed by atoms with Gasteiger partial charge in [-0.2, -0.15) is 0 Å². The SMILES string of the molecule is c1ccc(-c2cccc3c2C2(c4ccccc4Sc4ccc(-c5cccc6c5c5ccccc5n6-c5ccccc5)cc42)c2ccccc2S3)cc1. The van der Waals surface area contributed by atoms with Gasteiger partial charge in [0.1, 0.15) is 0 Å². The molecule has 8 aromatic carbocycles. The van der Waals surface area contributed by atoms with Crippen LogP contribution in [0.25, 0.3) is 49.7 Å². The van der Waals surface area contributed by atoms with E-state index < -0.39 is 5.41 Å². The summed E-state index contributed by atoms with van der Waals surface area (Å²) in [6.45, 7) is 0. The molecule has 52 heavy (non-hydrogen) atoms. The molecule has 2 aliphatic heterocycles. The highest BCUT2D eigenvalue weighted by Crippen LogP contribution is 2.63. The van der Waals surface area contributed by atoms with Gasteiger partial charge in [-0.3, -0.25) is 0 Å². The minimum absolute atomic E-state index is 0.525. The van der Waals surface area contributed by atoms with Crippen LogP contribution in [0.4, 0.5) is 0 Å². The predicted octanol–water partition coefficient (Wildman–Crippen LogP) is 13.4. The summed E-state index contributed by atoms with van der Waals surface area (Å²) in [4.78, 5) is 5.24. The van der Waals surface area contributed by atoms with E-state index in [1.54, 1.807) is 0 Å². The molecule has 9 aromatic rings. The number of para-hydroxylation sites is 2. The number of hydrogen-bond acceptors (Lipinski definition) is 2. The Morgan fingerprint density at radius 3 is 1.75 bits per heavy atom. The fraction of sp³-hybridized carbons (Fsp3) is 0.0204. The molecule has 0 aliphatic carbocycles. The Labute approximate surface area is 311 Å². The topological polar surface area (TPSA) is 4.93 Å². The minimum atomic E-state index is -0.525. The summed E-state index contributed by atoms with van der Waals surface area (Å²) >= 11 is 3.80. The van der Waals surface area contributed by atoms with Crippen molar-refractivity contribution in [2.75, 3.05) is 0 Å². The summed E-state index contributed by atoms with van der Waals surface area (Å²) in [5, 5.41) is 2.55. The van der Waals surface area contributed by atoms with Gasteiger partial charge in [0.15, 0.2) is 0 Å². The van der Waals surface area contributed by atoms with E-state index >= 15 is 0 Å². The van der Waals surface area contributed by atoms with Crippen LogP contribution in [0.1, 0.15) is 22.3 Å². The van der Waals surface area contributed by atoms with Crippen LogP contribution in [-0.4, -0.2) is 4.57 Å². The normalized spacial score (nSPS) is 15.6. The molecule has 1 spiro atoms. The molecule has 0 saturated carbocycles. The third-order valence-corrected chi connectivity index (χ3v) is 13.2. The first-order valence-electron chi connectivity index (χ1n) is 17.8. The molecule has 3 heteroatoms. The van der Waals surface area contributed by atoms with Crippen LogP contribution >= 0.6 is 23.5 Å². The third-order valence-electron chi connectivity index (χ3n) is 10.9. The zero-order chi connectivity index (χ0) is 34.2. The van der Waals surface area contributed by atoms with E-state index in [1.807, 2.05) is 23.5 Å². The predicted molar refractivity (Wildman–Crippen MR) is 218 cm³/mol. The summed E-state index contributed by atoms with van der Waals surface area (Å²) in [5.41, 5.74) is 13.5. The van der Waals surface area contributed by atoms with E-state index in [-0.39, 0.29) is 0 Å². The van der Waals surface area contributed by atoms with Crippen molar-refractivity contribution in [3.8, 4) is 27.9 Å². The average molecular weight is 698 g/mol. The van der Waals surface area contributed by atoms with Gasteiger partial charge in [-0.05, 0) is 99.1 Å². The maximum atomic E-state index is 2.53. The van der Waals surface area contributed by atoms with Crippen LogP contribution in [0, 0.1) is 0 Å². The van der Waals surface area contributed by atoms with Crippen LogP contribution < -0.4 is 0 Å². The van der Waals surface area contributed by atoms with Gasteiger partial charge >= 0.3 is 0 Å². The Bertz CT molecular complexity index is 2810. The Balaban J connectivity index is 1.26. The molecular formula is C49H31NS2. The molecular weight excluding hydrogens is 667 g/mol. The third kappa shape index (κ3) is 4.21. The van der Waals surface area contributed by atoms with Gasteiger partial charge in [-0.25, -0.2) is 0 Å². The average Bonchev–Trinajstić information content (AvgIpc) is 3.56. The zero-order valence-electron chi connectivity index (χ0n) is 28.2. The Hall–Kier alpha value is -5.74. The largest absolute Gasteiger partial charge is 0.309 e. The van der Waals surface area contributed by atoms with E-state index in [0.717, 1.165) is 0 Å². The molecule has 1 aromatic heterocycles. The molecule has 0 amide bonds. The van der Waals surface area contributed by atoms with Gasteiger partial charge < -0.3 is 4.57 Å². The molecule has 3 heterocycles. The van der Waals surface area contributed by atoms with Crippen molar-refractivity contribution in [3.63, 3.8) is 0 Å². The smallest absolute Gasteiger partial charge is 0.0751 e. The fourth-order valence-corrected chi connectivity index (χ4v) is 11.3. The van der Waals surface area contributed by atoms with Gasteiger partial charge in [0.05, 0.1) is 16.4 Å². The monoisotopic (exact) mass is 697 g/mol. The highest BCUT2D eigenvalue weighted by atomic mass is 32.2. The summed E-state index contributed by atoms with van der Waals surface area (Å²) in [5.74, 6) is 0. The molecule has 1 nitrogen and oxygen atoms in total. The van der Waals surface area contributed by atoms with Gasteiger partial charge in [-0.1, -0.05) is 157 Å². The van der Waals surface area contributed by atoms with Crippen molar-refractivity contribution in [1.29, 1.82) is 0 Å². The lowest BCUT2D eigenvalue weighted by Gasteiger charge is -2.46. The standard InChI is InChI=1S/C49H31NS2/c1-3-15-32(16-4-1)36-21-14-28-46-48(36)49(39-23-9-12-27-44(39)52-46)38-22-8-11-26-43(38)51-45-30-29-33(31-40(45)49)35-20-13-25-42-47(35)37-19-7-10-24-41(37)50(42)34-17-5-2-6-18-34/h1-31H. The number of nitrogens with zero attached hydrogens (tertiary/aromatic N) is 1. The van der Waals surface area contributed by atoms with Crippen LogP contribution in [0.5, 0.6) is 0 Å². The van der Waals surface area contributed by atoms with E-state index in [9.17, 15) is 0 Å². The molecule has 0 N–H and O–H groups in total. The maximum absolute atomic E-state index is 2.53. The molecule has 0 radical (unpaired) electrons. The first-order valence-corrected chi connectivity index (χ1v) is 19.4. The highest BCUT2D eigenvalue weighted by Gasteiger charge is 2.50. The van der Waals surface area contributed by atoms with Crippen molar-refractivity contribution >= 4 is 45.3 Å². The second-order valence-electron chi connectivity index (χ2n) is 13.6. The van der Waals surface area contributed by atoms with Crippen molar-refractivity contribution < 1.29 is 0 Å². The molecule has 244 valence electrons. The first-order chi connectivity index (χ1) is 25.8.